The van der Waals surface area contributed by atoms with Crippen LogP contribution in [0.15, 0.2) is 19.0 Å². The molecule has 1 aromatic heterocycles. The molecule has 2 aliphatic rings. The quantitative estimate of drug-likeness (QED) is 0.774. The van der Waals surface area contributed by atoms with Crippen LogP contribution in [0.5, 0.6) is 0 Å². The van der Waals surface area contributed by atoms with Crippen LogP contribution in [0, 0.1) is 11.8 Å². The minimum atomic E-state index is 0.591. The Morgan fingerprint density at radius 2 is 1.45 bits per heavy atom. The predicted octanol–water partition coefficient (Wildman–Crippen LogP) is 4.97. The number of rotatable bonds is 3. The van der Waals surface area contributed by atoms with Crippen LogP contribution in [-0.2, 0) is 0 Å². The van der Waals surface area contributed by atoms with E-state index < -0.39 is 0 Å². The van der Waals surface area contributed by atoms with Gasteiger partial charge in [0.15, 0.2) is 0 Å². The summed E-state index contributed by atoms with van der Waals surface area (Å²) in [4.78, 5) is 9.06. The van der Waals surface area contributed by atoms with E-state index in [0.29, 0.717) is 5.92 Å². The Balaban J connectivity index is 1.55. The van der Waals surface area contributed by atoms with E-state index in [-0.39, 0.29) is 0 Å². The van der Waals surface area contributed by atoms with Crippen LogP contribution in [0.4, 0.5) is 0 Å². The smallest absolute Gasteiger partial charge is 0.131 e. The van der Waals surface area contributed by atoms with E-state index in [1.54, 1.807) is 0 Å². The first kappa shape index (κ1) is 13.8. The van der Waals surface area contributed by atoms with E-state index in [0.717, 1.165) is 23.2 Å². The molecule has 2 nitrogen and oxygen atoms in total. The highest BCUT2D eigenvalue weighted by Gasteiger charge is 2.29. The van der Waals surface area contributed by atoms with Gasteiger partial charge in [-0.15, -0.1) is 0 Å². The van der Waals surface area contributed by atoms with Crippen molar-refractivity contribution in [3.8, 4) is 0 Å². The monoisotopic (exact) mass is 270 g/mol. The fourth-order valence-corrected chi connectivity index (χ4v) is 4.12. The van der Waals surface area contributed by atoms with Gasteiger partial charge < -0.3 is 0 Å². The van der Waals surface area contributed by atoms with E-state index in [1.165, 1.54) is 57.8 Å². The summed E-state index contributed by atoms with van der Waals surface area (Å²) in [6.07, 6.45) is 18.4. The Morgan fingerprint density at radius 3 is 2.05 bits per heavy atom. The molecule has 0 N–H and O–H groups in total. The molecule has 0 amide bonds. The topological polar surface area (TPSA) is 25.8 Å². The van der Waals surface area contributed by atoms with Crippen molar-refractivity contribution < 1.29 is 0 Å². The van der Waals surface area contributed by atoms with Gasteiger partial charge in [-0.2, -0.15) is 0 Å². The first-order valence-corrected chi connectivity index (χ1v) is 8.31. The Hall–Kier alpha value is -1.18. The van der Waals surface area contributed by atoms with Crippen LogP contribution in [0.2, 0.25) is 0 Å². The molecule has 2 aliphatic carbocycles. The summed E-state index contributed by atoms with van der Waals surface area (Å²) in [5, 5.41) is 0. The van der Waals surface area contributed by atoms with E-state index in [4.69, 9.17) is 0 Å². The van der Waals surface area contributed by atoms with Gasteiger partial charge in [-0.25, -0.2) is 9.97 Å². The van der Waals surface area contributed by atoms with E-state index in [2.05, 4.69) is 16.5 Å². The zero-order valence-corrected chi connectivity index (χ0v) is 12.4. The van der Waals surface area contributed by atoms with Crippen molar-refractivity contribution in [3.05, 3.63) is 30.4 Å². The summed E-state index contributed by atoms with van der Waals surface area (Å²) in [5.41, 5.74) is 1.02. The minimum Gasteiger partial charge on any atom is -0.240 e. The summed E-state index contributed by atoms with van der Waals surface area (Å²) < 4.78 is 0. The van der Waals surface area contributed by atoms with Crippen molar-refractivity contribution in [1.82, 2.24) is 9.97 Å². The number of aromatic nitrogens is 2. The van der Waals surface area contributed by atoms with E-state index in [1.807, 2.05) is 18.5 Å². The fraction of sp³-hybridized carbons (Fsp3) is 0.667. The van der Waals surface area contributed by atoms with Crippen molar-refractivity contribution >= 4 is 6.08 Å². The van der Waals surface area contributed by atoms with Crippen molar-refractivity contribution in [1.29, 1.82) is 0 Å². The lowest BCUT2D eigenvalue weighted by molar-refractivity contribution is 0.184. The van der Waals surface area contributed by atoms with Gasteiger partial charge in [0.05, 0.1) is 0 Å². The third kappa shape index (κ3) is 3.11. The second kappa shape index (κ2) is 6.51. The highest BCUT2D eigenvalue weighted by molar-refractivity contribution is 5.43. The standard InChI is InChI=1S/C18H26N2/c1-2-14-12-19-18(20-13-14)17-10-8-16(9-11-17)15-6-4-3-5-7-15/h2,12-13,15-17H,1,3-11H2. The maximum absolute atomic E-state index is 4.53. The SMILES string of the molecule is C=Cc1cnc(C2CCC(C3CCCCC3)CC2)nc1. The van der Waals surface area contributed by atoms with Gasteiger partial charge in [0.2, 0.25) is 0 Å². The average Bonchev–Trinajstić information content (AvgIpc) is 2.56. The molecule has 0 bridgehead atoms. The van der Waals surface area contributed by atoms with Crippen molar-refractivity contribution in [2.75, 3.05) is 0 Å². The minimum absolute atomic E-state index is 0.591. The highest BCUT2D eigenvalue weighted by atomic mass is 14.9. The van der Waals surface area contributed by atoms with Crippen molar-refractivity contribution in [2.45, 2.75) is 63.7 Å². The van der Waals surface area contributed by atoms with Gasteiger partial charge in [-0.1, -0.05) is 44.8 Å². The van der Waals surface area contributed by atoms with Crippen LogP contribution in [0.1, 0.15) is 75.1 Å². The highest BCUT2D eigenvalue weighted by Crippen LogP contribution is 2.42. The molecule has 3 rings (SSSR count). The molecule has 108 valence electrons. The van der Waals surface area contributed by atoms with Gasteiger partial charge in [0.1, 0.15) is 5.82 Å². The van der Waals surface area contributed by atoms with Gasteiger partial charge in [0.25, 0.3) is 0 Å². The maximum Gasteiger partial charge on any atom is 0.131 e. The molecular formula is C18H26N2. The Bertz CT molecular complexity index is 423. The zero-order chi connectivity index (χ0) is 13.8. The largest absolute Gasteiger partial charge is 0.240 e. The molecule has 0 saturated heterocycles. The molecule has 2 saturated carbocycles. The first-order chi connectivity index (χ1) is 9.86. The van der Waals surface area contributed by atoms with Crippen LogP contribution < -0.4 is 0 Å². The lowest BCUT2D eigenvalue weighted by Gasteiger charge is -2.35. The maximum atomic E-state index is 4.53. The summed E-state index contributed by atoms with van der Waals surface area (Å²) in [7, 11) is 0. The molecule has 20 heavy (non-hydrogen) atoms. The third-order valence-electron chi connectivity index (χ3n) is 5.38. The van der Waals surface area contributed by atoms with Gasteiger partial charge in [-0.3, -0.25) is 0 Å². The number of hydrogen-bond acceptors (Lipinski definition) is 2. The molecule has 0 unspecified atom stereocenters. The lowest BCUT2D eigenvalue weighted by Crippen LogP contribution is -2.23. The normalized spacial score (nSPS) is 28.2. The summed E-state index contributed by atoms with van der Waals surface area (Å²) in [5.74, 6) is 3.65. The molecule has 1 heterocycles. The Labute approximate surface area is 122 Å². The Kier molecular flexibility index (Phi) is 4.49. The van der Waals surface area contributed by atoms with Crippen LogP contribution in [0.25, 0.3) is 6.08 Å². The van der Waals surface area contributed by atoms with E-state index >= 15 is 0 Å². The second-order valence-electron chi connectivity index (χ2n) is 6.59. The lowest BCUT2D eigenvalue weighted by atomic mass is 9.71. The molecule has 1 aromatic rings. The zero-order valence-electron chi connectivity index (χ0n) is 12.4. The molecule has 2 heteroatoms. The fourth-order valence-electron chi connectivity index (χ4n) is 4.12. The summed E-state index contributed by atoms with van der Waals surface area (Å²) >= 11 is 0. The molecular weight excluding hydrogens is 244 g/mol. The van der Waals surface area contributed by atoms with Gasteiger partial charge in [-0.05, 0) is 37.5 Å². The molecule has 2 fully saturated rings. The van der Waals surface area contributed by atoms with E-state index in [9.17, 15) is 0 Å². The van der Waals surface area contributed by atoms with Crippen LogP contribution in [-0.4, -0.2) is 9.97 Å². The van der Waals surface area contributed by atoms with Crippen molar-refractivity contribution in [3.63, 3.8) is 0 Å². The van der Waals surface area contributed by atoms with Gasteiger partial charge >= 0.3 is 0 Å². The molecule has 0 spiro atoms. The van der Waals surface area contributed by atoms with Crippen molar-refractivity contribution in [2.24, 2.45) is 11.8 Å². The summed E-state index contributed by atoms with van der Waals surface area (Å²) in [6, 6.07) is 0. The Morgan fingerprint density at radius 1 is 0.850 bits per heavy atom. The second-order valence-corrected chi connectivity index (χ2v) is 6.59. The molecule has 0 aromatic carbocycles. The van der Waals surface area contributed by atoms with Crippen LogP contribution >= 0.6 is 0 Å². The third-order valence-corrected chi connectivity index (χ3v) is 5.38. The molecule has 0 radical (unpaired) electrons. The number of hydrogen-bond donors (Lipinski definition) is 0. The summed E-state index contributed by atoms with van der Waals surface area (Å²) in [6.45, 7) is 3.75. The van der Waals surface area contributed by atoms with Crippen LogP contribution in [0.3, 0.4) is 0 Å². The first-order valence-electron chi connectivity index (χ1n) is 8.31. The number of nitrogens with zero attached hydrogens (tertiary/aromatic N) is 2. The van der Waals surface area contributed by atoms with Gasteiger partial charge in [0, 0.05) is 23.9 Å². The molecule has 0 aliphatic heterocycles. The predicted molar refractivity (Wildman–Crippen MR) is 83.4 cm³/mol. The average molecular weight is 270 g/mol. The molecule has 0 atom stereocenters.